The lowest BCUT2D eigenvalue weighted by molar-refractivity contribution is 0.234. The van der Waals surface area contributed by atoms with Gasteiger partial charge in [-0.25, -0.2) is 9.97 Å². The molecule has 1 fully saturated rings. The Bertz CT molecular complexity index is 375. The molecular weight excluding hydrogens is 226 g/mol. The van der Waals surface area contributed by atoms with Crippen LogP contribution in [0.25, 0.3) is 0 Å². The monoisotopic (exact) mass is 249 g/mol. The molecule has 0 radical (unpaired) electrons. The SMILES string of the molecule is CNC(c1cc(OC)ncn1)C1CCC(C)CC1. The smallest absolute Gasteiger partial charge is 0.216 e. The summed E-state index contributed by atoms with van der Waals surface area (Å²) >= 11 is 0. The Kier molecular flexibility index (Phi) is 4.53. The molecule has 0 spiro atoms. The van der Waals surface area contributed by atoms with E-state index in [0.717, 1.165) is 11.6 Å². The Labute approximate surface area is 109 Å². The van der Waals surface area contributed by atoms with Crippen LogP contribution in [0.5, 0.6) is 5.88 Å². The van der Waals surface area contributed by atoms with Crippen LogP contribution < -0.4 is 10.1 Å². The molecule has 4 nitrogen and oxygen atoms in total. The topological polar surface area (TPSA) is 47.0 Å². The second-order valence-corrected chi connectivity index (χ2v) is 5.27. The molecule has 1 aromatic heterocycles. The molecule has 0 bridgehead atoms. The zero-order valence-corrected chi connectivity index (χ0v) is 11.5. The summed E-state index contributed by atoms with van der Waals surface area (Å²) < 4.78 is 5.18. The van der Waals surface area contributed by atoms with Crippen LogP contribution in [0.1, 0.15) is 44.3 Å². The van der Waals surface area contributed by atoms with E-state index in [9.17, 15) is 0 Å². The van der Waals surface area contributed by atoms with Gasteiger partial charge in [0, 0.05) is 6.07 Å². The normalized spacial score (nSPS) is 25.7. The largest absolute Gasteiger partial charge is 0.481 e. The maximum Gasteiger partial charge on any atom is 0.216 e. The molecule has 1 atom stereocenters. The summed E-state index contributed by atoms with van der Waals surface area (Å²) in [5, 5.41) is 3.41. The molecule has 1 N–H and O–H groups in total. The van der Waals surface area contributed by atoms with Gasteiger partial charge < -0.3 is 10.1 Å². The van der Waals surface area contributed by atoms with Crippen molar-refractivity contribution in [2.45, 2.75) is 38.6 Å². The van der Waals surface area contributed by atoms with Crippen molar-refractivity contribution >= 4 is 0 Å². The van der Waals surface area contributed by atoms with Crippen molar-refractivity contribution in [3.63, 3.8) is 0 Å². The van der Waals surface area contributed by atoms with Crippen LogP contribution in [0.15, 0.2) is 12.4 Å². The van der Waals surface area contributed by atoms with Crippen molar-refractivity contribution < 1.29 is 4.74 Å². The predicted molar refractivity (Wildman–Crippen MR) is 71.5 cm³/mol. The zero-order valence-electron chi connectivity index (χ0n) is 11.5. The van der Waals surface area contributed by atoms with Gasteiger partial charge in [0.15, 0.2) is 0 Å². The summed E-state index contributed by atoms with van der Waals surface area (Å²) in [6.45, 7) is 2.35. The summed E-state index contributed by atoms with van der Waals surface area (Å²) in [7, 11) is 3.65. The van der Waals surface area contributed by atoms with E-state index in [1.807, 2.05) is 13.1 Å². The van der Waals surface area contributed by atoms with Crippen molar-refractivity contribution in [2.75, 3.05) is 14.2 Å². The molecule has 18 heavy (non-hydrogen) atoms. The van der Waals surface area contributed by atoms with Gasteiger partial charge in [0.2, 0.25) is 5.88 Å². The average Bonchev–Trinajstić information content (AvgIpc) is 2.42. The van der Waals surface area contributed by atoms with Crippen molar-refractivity contribution in [1.82, 2.24) is 15.3 Å². The van der Waals surface area contributed by atoms with E-state index in [1.165, 1.54) is 25.7 Å². The number of ether oxygens (including phenoxy) is 1. The van der Waals surface area contributed by atoms with Crippen molar-refractivity contribution in [1.29, 1.82) is 0 Å². The van der Waals surface area contributed by atoms with E-state index in [2.05, 4.69) is 22.2 Å². The van der Waals surface area contributed by atoms with Crippen LogP contribution in [0.2, 0.25) is 0 Å². The van der Waals surface area contributed by atoms with Gasteiger partial charge in [0.25, 0.3) is 0 Å². The minimum absolute atomic E-state index is 0.314. The molecule has 4 heteroatoms. The van der Waals surface area contributed by atoms with E-state index in [4.69, 9.17) is 4.74 Å². The van der Waals surface area contributed by atoms with Crippen molar-refractivity contribution in [3.05, 3.63) is 18.1 Å². The summed E-state index contributed by atoms with van der Waals surface area (Å²) in [6.07, 6.45) is 6.79. The second-order valence-electron chi connectivity index (χ2n) is 5.27. The summed E-state index contributed by atoms with van der Waals surface area (Å²) in [5.41, 5.74) is 1.05. The molecule has 1 aliphatic rings. The highest BCUT2D eigenvalue weighted by Gasteiger charge is 2.27. The van der Waals surface area contributed by atoms with Gasteiger partial charge in [-0.3, -0.25) is 0 Å². The minimum atomic E-state index is 0.314. The van der Waals surface area contributed by atoms with Crippen molar-refractivity contribution in [3.8, 4) is 5.88 Å². The van der Waals surface area contributed by atoms with Crippen LogP contribution in [0.4, 0.5) is 0 Å². The molecule has 100 valence electrons. The highest BCUT2D eigenvalue weighted by atomic mass is 16.5. The fourth-order valence-electron chi connectivity index (χ4n) is 2.88. The van der Waals surface area contributed by atoms with Gasteiger partial charge in [-0.1, -0.05) is 19.8 Å². The Balaban J connectivity index is 2.11. The molecule has 0 amide bonds. The van der Waals surface area contributed by atoms with E-state index >= 15 is 0 Å². The molecule has 1 unspecified atom stereocenters. The van der Waals surface area contributed by atoms with E-state index in [-0.39, 0.29) is 0 Å². The highest BCUT2D eigenvalue weighted by molar-refractivity contribution is 5.17. The molecule has 1 aromatic rings. The van der Waals surface area contributed by atoms with E-state index in [0.29, 0.717) is 17.8 Å². The summed E-state index contributed by atoms with van der Waals surface area (Å²) in [6, 6.07) is 2.26. The van der Waals surface area contributed by atoms with Crippen LogP contribution in [0.3, 0.4) is 0 Å². The number of aromatic nitrogens is 2. The highest BCUT2D eigenvalue weighted by Crippen LogP contribution is 2.36. The van der Waals surface area contributed by atoms with Gasteiger partial charge in [0.05, 0.1) is 18.8 Å². The number of nitrogens with zero attached hydrogens (tertiary/aromatic N) is 2. The quantitative estimate of drug-likeness (QED) is 0.891. The van der Waals surface area contributed by atoms with Crippen molar-refractivity contribution in [2.24, 2.45) is 11.8 Å². The maximum atomic E-state index is 5.18. The first kappa shape index (κ1) is 13.3. The second kappa shape index (κ2) is 6.14. The predicted octanol–water partition coefficient (Wildman–Crippen LogP) is 2.57. The van der Waals surface area contributed by atoms with Gasteiger partial charge in [0.1, 0.15) is 6.33 Å². The van der Waals surface area contributed by atoms with Crippen LogP contribution >= 0.6 is 0 Å². The van der Waals surface area contributed by atoms with Gasteiger partial charge >= 0.3 is 0 Å². The molecule has 0 saturated heterocycles. The Morgan fingerprint density at radius 2 is 2.00 bits per heavy atom. The lowest BCUT2D eigenvalue weighted by Gasteiger charge is -2.32. The van der Waals surface area contributed by atoms with E-state index < -0.39 is 0 Å². The third-order valence-electron chi connectivity index (χ3n) is 4.03. The third-order valence-corrected chi connectivity index (χ3v) is 4.03. The van der Waals surface area contributed by atoms with Gasteiger partial charge in [-0.15, -0.1) is 0 Å². The molecular formula is C14H23N3O. The number of nitrogens with one attached hydrogen (secondary N) is 1. The average molecular weight is 249 g/mol. The number of methoxy groups -OCH3 is 1. The Hall–Kier alpha value is -1.16. The minimum Gasteiger partial charge on any atom is -0.481 e. The Morgan fingerprint density at radius 1 is 1.28 bits per heavy atom. The lowest BCUT2D eigenvalue weighted by Crippen LogP contribution is -2.29. The van der Waals surface area contributed by atoms with Gasteiger partial charge in [-0.05, 0) is 31.7 Å². The molecule has 1 aliphatic carbocycles. The summed E-state index contributed by atoms with van der Waals surface area (Å²) in [4.78, 5) is 8.47. The molecule has 1 saturated carbocycles. The number of hydrogen-bond donors (Lipinski definition) is 1. The first-order chi connectivity index (χ1) is 8.74. The first-order valence-electron chi connectivity index (χ1n) is 6.77. The van der Waals surface area contributed by atoms with Crippen LogP contribution in [-0.4, -0.2) is 24.1 Å². The third kappa shape index (κ3) is 2.99. The molecule has 0 aromatic carbocycles. The fraction of sp³-hybridized carbons (Fsp3) is 0.714. The lowest BCUT2D eigenvalue weighted by atomic mass is 9.78. The van der Waals surface area contributed by atoms with Crippen LogP contribution in [-0.2, 0) is 0 Å². The summed E-state index contributed by atoms with van der Waals surface area (Å²) in [5.74, 6) is 2.19. The zero-order chi connectivity index (χ0) is 13.0. The number of rotatable bonds is 4. The maximum absolute atomic E-state index is 5.18. The molecule has 2 rings (SSSR count). The molecule has 0 aliphatic heterocycles. The standard InChI is InChI=1S/C14H23N3O/c1-10-4-6-11(7-5-10)14(15-2)12-8-13(18-3)17-9-16-12/h8-11,14-15H,4-7H2,1-3H3. The fourth-order valence-corrected chi connectivity index (χ4v) is 2.88. The first-order valence-corrected chi connectivity index (χ1v) is 6.77. The van der Waals surface area contributed by atoms with Gasteiger partial charge in [-0.2, -0.15) is 0 Å². The van der Waals surface area contributed by atoms with Crippen LogP contribution in [0, 0.1) is 11.8 Å². The Morgan fingerprint density at radius 3 is 2.61 bits per heavy atom. The molecule has 1 heterocycles. The van der Waals surface area contributed by atoms with E-state index in [1.54, 1.807) is 13.4 Å². The number of hydrogen-bond acceptors (Lipinski definition) is 4.